The molecule has 198 valence electrons. The second kappa shape index (κ2) is 9.46. The molecule has 0 fully saturated rings. The zero-order valence-electron chi connectivity index (χ0n) is 21.9. The lowest BCUT2D eigenvalue weighted by Crippen LogP contribution is -2.43. The quantitative estimate of drug-likeness (QED) is 0.308. The van der Waals surface area contributed by atoms with Gasteiger partial charge in [-0.05, 0) is 68.3 Å². The molecule has 2 aromatic carbocycles. The van der Waals surface area contributed by atoms with Crippen molar-refractivity contribution in [2.45, 2.75) is 26.9 Å². The number of methoxy groups -OCH3 is 1. The fraction of sp³-hybridized carbons (Fsp3) is 0.241. The van der Waals surface area contributed by atoms with E-state index in [0.29, 0.717) is 45.4 Å². The molecule has 1 aliphatic rings. The number of carboxylic acid groups (broad SMARTS) is 1. The number of aryl methyl sites for hydroxylation is 3. The van der Waals surface area contributed by atoms with E-state index in [4.69, 9.17) is 18.6 Å². The molecule has 0 bridgehead atoms. The van der Waals surface area contributed by atoms with E-state index in [-0.39, 0.29) is 13.2 Å². The highest BCUT2D eigenvalue weighted by molar-refractivity contribution is 5.97. The number of furan rings is 1. The molecule has 4 heterocycles. The summed E-state index contributed by atoms with van der Waals surface area (Å²) >= 11 is 0. The average molecular weight is 527 g/mol. The van der Waals surface area contributed by atoms with Gasteiger partial charge in [-0.3, -0.25) is 9.88 Å². The van der Waals surface area contributed by atoms with Crippen LogP contribution in [0.25, 0.3) is 33.3 Å². The summed E-state index contributed by atoms with van der Waals surface area (Å²) in [4.78, 5) is 26.5. The first kappa shape index (κ1) is 24.5. The smallest absolute Gasteiger partial charge is 0.411 e. The molecule has 3 aromatic heterocycles. The molecular weight excluding hydrogens is 500 g/mol. The van der Waals surface area contributed by atoms with E-state index < -0.39 is 12.2 Å². The minimum absolute atomic E-state index is 0.0879. The Labute approximate surface area is 223 Å². The molecule has 6 rings (SSSR count). The van der Waals surface area contributed by atoms with Crippen LogP contribution in [0.1, 0.15) is 16.8 Å². The third-order valence-electron chi connectivity index (χ3n) is 6.68. The first-order valence-electron chi connectivity index (χ1n) is 12.4. The summed E-state index contributed by atoms with van der Waals surface area (Å²) < 4.78 is 24.0. The van der Waals surface area contributed by atoms with Crippen molar-refractivity contribution in [3.63, 3.8) is 0 Å². The molecule has 0 radical (unpaired) electrons. The summed E-state index contributed by atoms with van der Waals surface area (Å²) in [6.45, 7) is 6.03. The molecule has 0 saturated carbocycles. The molecule has 1 aliphatic heterocycles. The second-order valence-electron chi connectivity index (χ2n) is 9.57. The molecule has 1 N–H and O–H groups in total. The highest BCUT2D eigenvalue weighted by atomic mass is 16.6. The number of anilines is 1. The first-order valence-corrected chi connectivity index (χ1v) is 12.4. The summed E-state index contributed by atoms with van der Waals surface area (Å²) in [5.41, 5.74) is 6.04. The fourth-order valence-corrected chi connectivity index (χ4v) is 4.81. The molecular formula is C29H26N4O6. The van der Waals surface area contributed by atoms with Gasteiger partial charge in [-0.2, -0.15) is 0 Å². The maximum absolute atomic E-state index is 12.0. The number of aromatic nitrogens is 3. The number of hydrogen-bond acceptors (Lipinski definition) is 8. The van der Waals surface area contributed by atoms with Crippen molar-refractivity contribution >= 4 is 33.8 Å². The van der Waals surface area contributed by atoms with Gasteiger partial charge >= 0.3 is 6.09 Å². The highest BCUT2D eigenvalue weighted by Crippen LogP contribution is 2.44. The number of ether oxygens (including phenoxy) is 3. The van der Waals surface area contributed by atoms with E-state index in [9.17, 15) is 9.90 Å². The summed E-state index contributed by atoms with van der Waals surface area (Å²) in [7, 11) is 1.56. The lowest BCUT2D eigenvalue weighted by Gasteiger charge is -2.30. The summed E-state index contributed by atoms with van der Waals surface area (Å²) in [5, 5.41) is 10.6. The summed E-state index contributed by atoms with van der Waals surface area (Å²) in [5.74, 6) is 2.16. The Morgan fingerprint density at radius 2 is 1.97 bits per heavy atom. The van der Waals surface area contributed by atoms with Gasteiger partial charge in [0.2, 0.25) is 5.88 Å². The molecule has 1 atom stereocenters. The number of hydrogen-bond donors (Lipinski definition) is 1. The molecule has 0 unspecified atom stereocenters. The third-order valence-corrected chi connectivity index (χ3v) is 6.68. The molecule has 39 heavy (non-hydrogen) atoms. The number of fused-ring (bicyclic) bond motifs is 4. The minimum atomic E-state index is -1.09. The van der Waals surface area contributed by atoms with Gasteiger partial charge in [0, 0.05) is 11.3 Å². The molecule has 1 amide bonds. The van der Waals surface area contributed by atoms with Gasteiger partial charge in [-0.25, -0.2) is 14.8 Å². The average Bonchev–Trinajstić information content (AvgIpc) is 3.37. The lowest BCUT2D eigenvalue weighted by molar-refractivity contribution is 0.0959. The van der Waals surface area contributed by atoms with Gasteiger partial charge in [0.25, 0.3) is 0 Å². The van der Waals surface area contributed by atoms with Crippen LogP contribution in [0.4, 0.5) is 10.5 Å². The zero-order valence-corrected chi connectivity index (χ0v) is 21.9. The van der Waals surface area contributed by atoms with E-state index in [1.807, 2.05) is 45.0 Å². The summed E-state index contributed by atoms with van der Waals surface area (Å²) in [6, 6.07) is 11.2. The van der Waals surface area contributed by atoms with Crippen molar-refractivity contribution in [3.05, 3.63) is 65.6 Å². The van der Waals surface area contributed by atoms with Crippen molar-refractivity contribution in [2.75, 3.05) is 25.2 Å². The Morgan fingerprint density at radius 1 is 1.13 bits per heavy atom. The first-order chi connectivity index (χ1) is 18.8. The van der Waals surface area contributed by atoms with E-state index in [2.05, 4.69) is 15.0 Å². The van der Waals surface area contributed by atoms with Crippen LogP contribution in [0.3, 0.4) is 0 Å². The van der Waals surface area contributed by atoms with Crippen LogP contribution in [0.15, 0.2) is 53.2 Å². The number of pyridine rings is 1. The van der Waals surface area contributed by atoms with Crippen molar-refractivity contribution < 1.29 is 28.5 Å². The van der Waals surface area contributed by atoms with Crippen LogP contribution < -0.4 is 19.1 Å². The van der Waals surface area contributed by atoms with Crippen LogP contribution in [-0.2, 0) is 0 Å². The van der Waals surface area contributed by atoms with E-state index in [1.165, 1.54) is 11.1 Å². The van der Waals surface area contributed by atoms with Crippen LogP contribution in [-0.4, -0.2) is 52.5 Å². The SMILES string of the molecule is COc1cnc2c(-c3cc4c5c(cc(C)c4o3)O[C@H](CN(C(=O)O)c3ccc(C)nc3)CO5)cc(C)cc2n1. The molecule has 0 saturated heterocycles. The topological polar surface area (TPSA) is 120 Å². The van der Waals surface area contributed by atoms with Crippen molar-refractivity contribution in [3.8, 4) is 28.7 Å². The Kier molecular flexibility index (Phi) is 5.94. The number of amides is 1. The lowest BCUT2D eigenvalue weighted by atomic mass is 10.1. The van der Waals surface area contributed by atoms with Gasteiger partial charge in [0.05, 0.1) is 48.2 Å². The highest BCUT2D eigenvalue weighted by Gasteiger charge is 2.29. The number of nitrogens with zero attached hydrogens (tertiary/aromatic N) is 4. The fourth-order valence-electron chi connectivity index (χ4n) is 4.81. The summed E-state index contributed by atoms with van der Waals surface area (Å²) in [6.07, 6.45) is 1.52. The minimum Gasteiger partial charge on any atom is -0.485 e. The second-order valence-corrected chi connectivity index (χ2v) is 9.57. The van der Waals surface area contributed by atoms with Gasteiger partial charge in [0.15, 0.2) is 17.6 Å². The van der Waals surface area contributed by atoms with Gasteiger partial charge in [-0.1, -0.05) is 0 Å². The Balaban J connectivity index is 1.35. The van der Waals surface area contributed by atoms with Crippen molar-refractivity contribution in [1.82, 2.24) is 15.0 Å². The number of carbonyl (C=O) groups is 1. The third kappa shape index (κ3) is 4.43. The Bertz CT molecular complexity index is 1730. The van der Waals surface area contributed by atoms with Crippen LogP contribution in [0, 0.1) is 20.8 Å². The maximum Gasteiger partial charge on any atom is 0.411 e. The van der Waals surface area contributed by atoms with Gasteiger partial charge < -0.3 is 23.7 Å². The van der Waals surface area contributed by atoms with Crippen LogP contribution in [0.5, 0.6) is 17.4 Å². The van der Waals surface area contributed by atoms with Crippen LogP contribution >= 0.6 is 0 Å². The molecule has 0 aliphatic carbocycles. The van der Waals surface area contributed by atoms with E-state index in [1.54, 1.807) is 25.4 Å². The molecule has 10 heteroatoms. The van der Waals surface area contributed by atoms with E-state index >= 15 is 0 Å². The molecule has 10 nitrogen and oxygen atoms in total. The standard InChI is InChI=1S/C29H26N4O6/c1-15-7-20(26-22(8-15)32-25(36-4)12-31-26)23-10-21-27(39-23)16(2)9-24-28(21)37-14-19(38-24)13-33(29(34)35)18-6-5-17(3)30-11-18/h5-12,19H,13-14H2,1-4H3,(H,34,35)/t19-/m1/s1. The number of rotatable bonds is 5. The monoisotopic (exact) mass is 526 g/mol. The van der Waals surface area contributed by atoms with Gasteiger partial charge in [0.1, 0.15) is 18.0 Å². The Hall–Kier alpha value is -4.86. The zero-order chi connectivity index (χ0) is 27.3. The van der Waals surface area contributed by atoms with Crippen molar-refractivity contribution in [1.29, 1.82) is 0 Å². The van der Waals surface area contributed by atoms with Crippen molar-refractivity contribution in [2.24, 2.45) is 0 Å². The number of benzene rings is 2. The van der Waals surface area contributed by atoms with Crippen LogP contribution in [0.2, 0.25) is 0 Å². The molecule has 5 aromatic rings. The predicted molar refractivity (Wildman–Crippen MR) is 145 cm³/mol. The predicted octanol–water partition coefficient (Wildman–Crippen LogP) is 5.70. The van der Waals surface area contributed by atoms with Gasteiger partial charge in [-0.15, -0.1) is 0 Å². The maximum atomic E-state index is 12.0. The molecule has 0 spiro atoms. The normalized spacial score (nSPS) is 14.5. The Morgan fingerprint density at radius 3 is 2.72 bits per heavy atom. The largest absolute Gasteiger partial charge is 0.485 e. The van der Waals surface area contributed by atoms with E-state index in [0.717, 1.165) is 27.8 Å².